The van der Waals surface area contributed by atoms with Gasteiger partial charge >= 0.3 is 0 Å². The molecule has 1 heterocycles. The van der Waals surface area contributed by atoms with Crippen LogP contribution < -0.4 is 25.4 Å². The Morgan fingerprint density at radius 1 is 1.19 bits per heavy atom. The number of hydrogen-bond donors (Lipinski definition) is 2. The van der Waals surface area contributed by atoms with Gasteiger partial charge in [-0.25, -0.2) is 4.39 Å². The summed E-state index contributed by atoms with van der Waals surface area (Å²) >= 11 is 0. The number of anilines is 2. The molecule has 7 heteroatoms. The van der Waals surface area contributed by atoms with Gasteiger partial charge in [0.15, 0.2) is 17.5 Å². The third kappa shape index (κ3) is 5.26. The fraction of sp³-hybridized carbons (Fsp3) is 0.350. The van der Waals surface area contributed by atoms with Gasteiger partial charge in [0.25, 0.3) is 0 Å². The van der Waals surface area contributed by atoms with Crippen LogP contribution >= 0.6 is 0 Å². The van der Waals surface area contributed by atoms with E-state index < -0.39 is 0 Å². The number of guanidine groups is 1. The maximum absolute atomic E-state index is 13.7. The van der Waals surface area contributed by atoms with Crippen molar-refractivity contribution in [2.45, 2.75) is 12.8 Å². The fourth-order valence-electron chi connectivity index (χ4n) is 2.82. The van der Waals surface area contributed by atoms with Crippen LogP contribution in [0, 0.1) is 5.82 Å². The zero-order chi connectivity index (χ0) is 19.1. The van der Waals surface area contributed by atoms with Crippen molar-refractivity contribution in [3.8, 4) is 11.5 Å². The Morgan fingerprint density at radius 3 is 2.78 bits per heavy atom. The van der Waals surface area contributed by atoms with E-state index in [0.29, 0.717) is 43.7 Å². The average Bonchev–Trinajstić information content (AvgIpc) is 2.90. The van der Waals surface area contributed by atoms with Crippen molar-refractivity contribution < 1.29 is 13.9 Å². The molecular formula is C20H25FN4O2. The van der Waals surface area contributed by atoms with E-state index in [2.05, 4.69) is 10.3 Å². The van der Waals surface area contributed by atoms with Crippen LogP contribution in [0.25, 0.3) is 0 Å². The number of nitrogens with one attached hydrogen (secondary N) is 1. The van der Waals surface area contributed by atoms with Crippen LogP contribution in [-0.2, 0) is 0 Å². The summed E-state index contributed by atoms with van der Waals surface area (Å²) in [4.78, 5) is 6.20. The summed E-state index contributed by atoms with van der Waals surface area (Å²) in [5, 5.41) is 3.06. The van der Waals surface area contributed by atoms with Gasteiger partial charge in [0.1, 0.15) is 5.82 Å². The lowest BCUT2D eigenvalue weighted by atomic mass is 10.2. The van der Waals surface area contributed by atoms with Gasteiger partial charge in [0, 0.05) is 38.3 Å². The van der Waals surface area contributed by atoms with Crippen LogP contribution in [0.3, 0.4) is 0 Å². The first-order chi connectivity index (χ1) is 13.1. The number of aliphatic imine (C=N–C) groups is 1. The number of benzene rings is 2. The molecule has 27 heavy (non-hydrogen) atoms. The predicted octanol–water partition coefficient (Wildman–Crippen LogP) is 3.24. The molecule has 0 saturated heterocycles. The van der Waals surface area contributed by atoms with Crippen LogP contribution in [-0.4, -0.2) is 39.3 Å². The zero-order valence-electron chi connectivity index (χ0n) is 15.5. The Morgan fingerprint density at radius 2 is 1.96 bits per heavy atom. The predicted molar refractivity (Wildman–Crippen MR) is 106 cm³/mol. The van der Waals surface area contributed by atoms with E-state index >= 15 is 0 Å². The second-order valence-corrected chi connectivity index (χ2v) is 6.33. The van der Waals surface area contributed by atoms with Gasteiger partial charge in [0.05, 0.1) is 18.9 Å². The molecule has 0 fully saturated rings. The Labute approximate surface area is 158 Å². The minimum atomic E-state index is -0.223. The Kier molecular flexibility index (Phi) is 6.35. The van der Waals surface area contributed by atoms with E-state index in [9.17, 15) is 4.39 Å². The molecule has 0 saturated carbocycles. The molecule has 1 aliphatic rings. The average molecular weight is 372 g/mol. The second-order valence-electron chi connectivity index (χ2n) is 6.33. The summed E-state index contributed by atoms with van der Waals surface area (Å²) in [6.07, 6.45) is 1.62. The monoisotopic (exact) mass is 372 g/mol. The third-order valence-corrected chi connectivity index (χ3v) is 4.22. The number of ether oxygens (including phenoxy) is 2. The summed E-state index contributed by atoms with van der Waals surface area (Å²) in [5.41, 5.74) is 7.34. The number of halogens is 1. The number of para-hydroxylation sites is 1. The highest BCUT2D eigenvalue weighted by atomic mass is 19.1. The van der Waals surface area contributed by atoms with Gasteiger partial charge in [-0.15, -0.1) is 0 Å². The van der Waals surface area contributed by atoms with Crippen molar-refractivity contribution in [3.05, 3.63) is 48.3 Å². The SMILES string of the molecule is CN(CCCN=C(N)Nc1ccc2c(c1)OCCCO2)c1ccccc1F. The lowest BCUT2D eigenvalue weighted by Crippen LogP contribution is -2.24. The van der Waals surface area contributed by atoms with Crippen LogP contribution in [0.4, 0.5) is 15.8 Å². The topological polar surface area (TPSA) is 72.1 Å². The summed E-state index contributed by atoms with van der Waals surface area (Å²) in [7, 11) is 1.86. The van der Waals surface area contributed by atoms with Crippen molar-refractivity contribution in [2.24, 2.45) is 10.7 Å². The molecule has 2 aromatic rings. The Bertz CT molecular complexity index is 797. The van der Waals surface area contributed by atoms with E-state index in [4.69, 9.17) is 15.2 Å². The largest absolute Gasteiger partial charge is 0.490 e. The van der Waals surface area contributed by atoms with E-state index in [1.807, 2.05) is 36.2 Å². The third-order valence-electron chi connectivity index (χ3n) is 4.22. The first-order valence-electron chi connectivity index (χ1n) is 9.06. The highest BCUT2D eigenvalue weighted by Gasteiger charge is 2.11. The van der Waals surface area contributed by atoms with Crippen LogP contribution in [0.5, 0.6) is 11.5 Å². The molecule has 144 valence electrons. The number of nitrogens with zero attached hydrogens (tertiary/aromatic N) is 2. The van der Waals surface area contributed by atoms with Crippen molar-refractivity contribution in [1.82, 2.24) is 0 Å². The van der Waals surface area contributed by atoms with Gasteiger partial charge in [-0.2, -0.15) is 0 Å². The standard InChI is InChI=1S/C20H25FN4O2/c1-25(17-7-3-2-6-16(17)21)11-4-10-23-20(22)24-15-8-9-18-19(14-15)27-13-5-12-26-18/h2-3,6-9,14H,4-5,10-13H2,1H3,(H3,22,23,24). The maximum atomic E-state index is 13.7. The van der Waals surface area contributed by atoms with Gasteiger partial charge in [-0.3, -0.25) is 4.99 Å². The number of nitrogens with two attached hydrogens (primary N) is 1. The van der Waals surface area contributed by atoms with Crippen molar-refractivity contribution in [3.63, 3.8) is 0 Å². The number of hydrogen-bond acceptors (Lipinski definition) is 4. The molecule has 3 rings (SSSR count). The zero-order valence-corrected chi connectivity index (χ0v) is 15.5. The summed E-state index contributed by atoms with van der Waals surface area (Å²) in [5.74, 6) is 1.55. The molecule has 0 unspecified atom stereocenters. The van der Waals surface area contributed by atoms with Gasteiger partial charge in [0.2, 0.25) is 0 Å². The van der Waals surface area contributed by atoms with Crippen molar-refractivity contribution in [1.29, 1.82) is 0 Å². The van der Waals surface area contributed by atoms with E-state index in [1.165, 1.54) is 6.07 Å². The van der Waals surface area contributed by atoms with E-state index in [1.54, 1.807) is 12.1 Å². The van der Waals surface area contributed by atoms with Crippen molar-refractivity contribution >= 4 is 17.3 Å². The van der Waals surface area contributed by atoms with E-state index in [0.717, 1.165) is 24.3 Å². The van der Waals surface area contributed by atoms with Gasteiger partial charge in [-0.05, 0) is 30.7 Å². The molecule has 0 aromatic heterocycles. The molecule has 2 aromatic carbocycles. The molecule has 1 aliphatic heterocycles. The normalized spacial score (nSPS) is 13.8. The molecule has 0 aliphatic carbocycles. The molecule has 6 nitrogen and oxygen atoms in total. The smallest absolute Gasteiger partial charge is 0.193 e. The lowest BCUT2D eigenvalue weighted by molar-refractivity contribution is 0.297. The first kappa shape index (κ1) is 18.8. The summed E-state index contributed by atoms with van der Waals surface area (Å²) in [6, 6.07) is 12.3. The summed E-state index contributed by atoms with van der Waals surface area (Å²) in [6.45, 7) is 2.52. The van der Waals surface area contributed by atoms with Gasteiger partial charge < -0.3 is 25.4 Å². The van der Waals surface area contributed by atoms with Crippen LogP contribution in [0.15, 0.2) is 47.5 Å². The lowest BCUT2D eigenvalue weighted by Gasteiger charge is -2.19. The molecule has 3 N–H and O–H groups in total. The van der Waals surface area contributed by atoms with Crippen molar-refractivity contribution in [2.75, 3.05) is 43.6 Å². The summed E-state index contributed by atoms with van der Waals surface area (Å²) < 4.78 is 25.0. The number of fused-ring (bicyclic) bond motifs is 1. The molecule has 0 bridgehead atoms. The molecule has 0 radical (unpaired) electrons. The minimum Gasteiger partial charge on any atom is -0.490 e. The highest BCUT2D eigenvalue weighted by molar-refractivity contribution is 5.92. The molecule has 0 spiro atoms. The number of rotatable bonds is 6. The highest BCUT2D eigenvalue weighted by Crippen LogP contribution is 2.32. The fourth-order valence-corrected chi connectivity index (χ4v) is 2.82. The molecular weight excluding hydrogens is 347 g/mol. The Balaban J connectivity index is 1.48. The molecule has 0 amide bonds. The maximum Gasteiger partial charge on any atom is 0.193 e. The first-order valence-corrected chi connectivity index (χ1v) is 9.06. The van der Waals surface area contributed by atoms with Crippen LogP contribution in [0.1, 0.15) is 12.8 Å². The Hall–Kier alpha value is -2.96. The van der Waals surface area contributed by atoms with E-state index in [-0.39, 0.29) is 5.82 Å². The second kappa shape index (κ2) is 9.12. The van der Waals surface area contributed by atoms with Gasteiger partial charge in [-0.1, -0.05) is 12.1 Å². The minimum absolute atomic E-state index is 0.223. The van der Waals surface area contributed by atoms with Crippen LogP contribution in [0.2, 0.25) is 0 Å². The molecule has 0 atom stereocenters. The quantitative estimate of drug-likeness (QED) is 0.463.